The maximum atomic E-state index is 11.7. The molecule has 0 radical (unpaired) electrons. The van der Waals surface area contributed by atoms with Crippen LogP contribution < -0.4 is 11.1 Å². The molecule has 0 aliphatic carbocycles. The Kier molecular flexibility index (Phi) is 6.22. The van der Waals surface area contributed by atoms with E-state index in [0.717, 1.165) is 5.56 Å². The summed E-state index contributed by atoms with van der Waals surface area (Å²) in [5.41, 5.74) is 5.97. The lowest BCUT2D eigenvalue weighted by Crippen LogP contribution is -2.41. The van der Waals surface area contributed by atoms with E-state index in [2.05, 4.69) is 5.32 Å². The highest BCUT2D eigenvalue weighted by molar-refractivity contribution is 5.84. The molecule has 0 fully saturated rings. The molecule has 2 amide bonds. The fraction of sp³-hybridized carbons (Fsp3) is 0.357. The molecule has 0 heterocycles. The third kappa shape index (κ3) is 5.99. The molecule has 108 valence electrons. The molecule has 0 bridgehead atoms. The molecule has 0 aromatic heterocycles. The van der Waals surface area contributed by atoms with Gasteiger partial charge in [-0.15, -0.1) is 0 Å². The third-order valence-corrected chi connectivity index (χ3v) is 2.80. The average Bonchev–Trinajstić information content (AvgIpc) is 2.41. The van der Waals surface area contributed by atoms with Crippen molar-refractivity contribution in [2.45, 2.75) is 31.7 Å². The molecular formula is C14H18N2O4. The number of aryl methyl sites for hydroxylation is 1. The van der Waals surface area contributed by atoms with Gasteiger partial charge < -0.3 is 16.2 Å². The van der Waals surface area contributed by atoms with Gasteiger partial charge in [-0.25, -0.2) is 4.79 Å². The lowest BCUT2D eigenvalue weighted by Gasteiger charge is -2.13. The highest BCUT2D eigenvalue weighted by Crippen LogP contribution is 2.03. The highest BCUT2D eigenvalue weighted by atomic mass is 16.4. The molecule has 0 unspecified atom stereocenters. The molecule has 0 aliphatic rings. The maximum Gasteiger partial charge on any atom is 0.326 e. The molecule has 1 aromatic carbocycles. The summed E-state index contributed by atoms with van der Waals surface area (Å²) in [5, 5.41) is 11.3. The number of carbonyl (C=O) groups is 3. The quantitative estimate of drug-likeness (QED) is 0.641. The van der Waals surface area contributed by atoms with Crippen molar-refractivity contribution in [3.05, 3.63) is 35.9 Å². The summed E-state index contributed by atoms with van der Waals surface area (Å²) in [6.45, 7) is 0. The Bertz CT molecular complexity index is 473. The van der Waals surface area contributed by atoms with Gasteiger partial charge in [0.1, 0.15) is 6.04 Å². The minimum absolute atomic E-state index is 0.00173. The largest absolute Gasteiger partial charge is 0.480 e. The minimum atomic E-state index is -1.17. The number of hydrogen-bond acceptors (Lipinski definition) is 3. The van der Waals surface area contributed by atoms with Crippen LogP contribution in [0, 0.1) is 0 Å². The fourth-order valence-electron chi connectivity index (χ4n) is 1.71. The summed E-state index contributed by atoms with van der Waals surface area (Å²) in [4.78, 5) is 33.3. The number of amides is 2. The first-order chi connectivity index (χ1) is 9.49. The van der Waals surface area contributed by atoms with Gasteiger partial charge in [-0.2, -0.15) is 0 Å². The molecule has 0 spiro atoms. The summed E-state index contributed by atoms with van der Waals surface area (Å²) >= 11 is 0. The molecule has 0 aliphatic heterocycles. The Labute approximate surface area is 117 Å². The Morgan fingerprint density at radius 1 is 1.15 bits per heavy atom. The average molecular weight is 278 g/mol. The molecule has 6 nitrogen and oxygen atoms in total. The zero-order chi connectivity index (χ0) is 15.0. The van der Waals surface area contributed by atoms with Crippen molar-refractivity contribution in [2.75, 3.05) is 0 Å². The van der Waals surface area contributed by atoms with Crippen LogP contribution in [0.15, 0.2) is 30.3 Å². The molecule has 20 heavy (non-hydrogen) atoms. The van der Waals surface area contributed by atoms with E-state index in [0.29, 0.717) is 6.42 Å². The second-order valence-corrected chi connectivity index (χ2v) is 4.45. The van der Waals surface area contributed by atoms with Gasteiger partial charge in [0.15, 0.2) is 0 Å². The van der Waals surface area contributed by atoms with Crippen LogP contribution in [-0.4, -0.2) is 28.9 Å². The van der Waals surface area contributed by atoms with E-state index in [9.17, 15) is 14.4 Å². The van der Waals surface area contributed by atoms with E-state index in [1.165, 1.54) is 0 Å². The van der Waals surface area contributed by atoms with Gasteiger partial charge in [0, 0.05) is 12.8 Å². The number of benzene rings is 1. The number of nitrogens with one attached hydrogen (secondary N) is 1. The Morgan fingerprint density at radius 2 is 1.80 bits per heavy atom. The van der Waals surface area contributed by atoms with Crippen LogP contribution in [0.4, 0.5) is 0 Å². The molecule has 0 saturated heterocycles. The van der Waals surface area contributed by atoms with Crippen LogP contribution >= 0.6 is 0 Å². The number of nitrogens with two attached hydrogens (primary N) is 1. The second kappa shape index (κ2) is 7.93. The number of carboxylic acid groups (broad SMARTS) is 1. The van der Waals surface area contributed by atoms with Gasteiger partial charge in [-0.3, -0.25) is 9.59 Å². The Hall–Kier alpha value is -2.37. The first-order valence-corrected chi connectivity index (χ1v) is 6.33. The summed E-state index contributed by atoms with van der Waals surface area (Å²) in [6, 6.07) is 8.35. The zero-order valence-corrected chi connectivity index (χ0v) is 11.0. The second-order valence-electron chi connectivity index (χ2n) is 4.45. The zero-order valence-electron chi connectivity index (χ0n) is 11.0. The molecule has 0 saturated carbocycles. The summed E-state index contributed by atoms with van der Waals surface area (Å²) in [5.74, 6) is -2.11. The normalized spacial score (nSPS) is 11.6. The number of primary amides is 1. The standard InChI is InChI=1S/C14H18N2O4/c15-12(17)8-7-11(14(19)20)16-13(18)9-6-10-4-2-1-3-5-10/h1-5,11H,6-9H2,(H2,15,17)(H,16,18)(H,19,20)/t11-/m1/s1. The van der Waals surface area contributed by atoms with Crippen molar-refractivity contribution in [1.82, 2.24) is 5.32 Å². The predicted octanol–water partition coefficient (Wildman–Crippen LogP) is 0.454. The molecule has 1 atom stereocenters. The van der Waals surface area contributed by atoms with Crippen molar-refractivity contribution < 1.29 is 19.5 Å². The van der Waals surface area contributed by atoms with E-state index < -0.39 is 17.9 Å². The SMILES string of the molecule is NC(=O)CC[C@@H](NC(=O)CCc1ccccc1)C(=O)O. The Balaban J connectivity index is 2.41. The van der Waals surface area contributed by atoms with Crippen LogP contribution in [0.5, 0.6) is 0 Å². The fourth-order valence-corrected chi connectivity index (χ4v) is 1.71. The number of carbonyl (C=O) groups excluding carboxylic acids is 2. The van der Waals surface area contributed by atoms with Crippen LogP contribution in [-0.2, 0) is 20.8 Å². The van der Waals surface area contributed by atoms with Crippen molar-refractivity contribution >= 4 is 17.8 Å². The van der Waals surface area contributed by atoms with Gasteiger partial charge in [-0.1, -0.05) is 30.3 Å². The van der Waals surface area contributed by atoms with E-state index in [4.69, 9.17) is 10.8 Å². The van der Waals surface area contributed by atoms with Gasteiger partial charge >= 0.3 is 5.97 Å². The molecular weight excluding hydrogens is 260 g/mol. The van der Waals surface area contributed by atoms with Crippen LogP contribution in [0.25, 0.3) is 0 Å². The first kappa shape index (κ1) is 15.7. The van der Waals surface area contributed by atoms with Crippen molar-refractivity contribution in [3.63, 3.8) is 0 Å². The number of hydrogen-bond donors (Lipinski definition) is 3. The van der Waals surface area contributed by atoms with Gasteiger partial charge in [-0.05, 0) is 18.4 Å². The van der Waals surface area contributed by atoms with Crippen LogP contribution in [0.2, 0.25) is 0 Å². The van der Waals surface area contributed by atoms with E-state index in [-0.39, 0.29) is 25.2 Å². The number of carboxylic acids is 1. The van der Waals surface area contributed by atoms with E-state index in [1.54, 1.807) is 0 Å². The first-order valence-electron chi connectivity index (χ1n) is 6.33. The minimum Gasteiger partial charge on any atom is -0.480 e. The summed E-state index contributed by atoms with van der Waals surface area (Å²) < 4.78 is 0. The molecule has 1 aromatic rings. The van der Waals surface area contributed by atoms with Gasteiger partial charge in [0.05, 0.1) is 0 Å². The topological polar surface area (TPSA) is 109 Å². The van der Waals surface area contributed by atoms with Crippen molar-refractivity contribution in [2.24, 2.45) is 5.73 Å². The molecule has 6 heteroatoms. The van der Waals surface area contributed by atoms with Crippen LogP contribution in [0.3, 0.4) is 0 Å². The summed E-state index contributed by atoms with van der Waals surface area (Å²) in [7, 11) is 0. The highest BCUT2D eigenvalue weighted by Gasteiger charge is 2.20. The maximum absolute atomic E-state index is 11.7. The molecule has 1 rings (SSSR count). The predicted molar refractivity (Wildman–Crippen MR) is 72.8 cm³/mol. The van der Waals surface area contributed by atoms with E-state index >= 15 is 0 Å². The van der Waals surface area contributed by atoms with Gasteiger partial charge in [0.2, 0.25) is 11.8 Å². The number of aliphatic carboxylic acids is 1. The lowest BCUT2D eigenvalue weighted by molar-refractivity contribution is -0.142. The van der Waals surface area contributed by atoms with Crippen molar-refractivity contribution in [1.29, 1.82) is 0 Å². The monoisotopic (exact) mass is 278 g/mol. The Morgan fingerprint density at radius 3 is 2.35 bits per heavy atom. The smallest absolute Gasteiger partial charge is 0.326 e. The number of rotatable bonds is 8. The molecule has 4 N–H and O–H groups in total. The van der Waals surface area contributed by atoms with Crippen molar-refractivity contribution in [3.8, 4) is 0 Å². The van der Waals surface area contributed by atoms with Crippen LogP contribution in [0.1, 0.15) is 24.8 Å². The summed E-state index contributed by atoms with van der Waals surface area (Å²) in [6.07, 6.45) is 0.664. The van der Waals surface area contributed by atoms with Gasteiger partial charge in [0.25, 0.3) is 0 Å². The lowest BCUT2D eigenvalue weighted by atomic mass is 10.1. The third-order valence-electron chi connectivity index (χ3n) is 2.80. The van der Waals surface area contributed by atoms with E-state index in [1.807, 2.05) is 30.3 Å².